The number of esters is 2. The maximum Gasteiger partial charge on any atom is 0.321 e. The zero-order valence-electron chi connectivity index (χ0n) is 33.1. The molecule has 1 aromatic carbocycles. The van der Waals surface area contributed by atoms with Crippen LogP contribution < -0.4 is 0 Å². The highest BCUT2D eigenvalue weighted by atomic mass is 16.6. The highest BCUT2D eigenvalue weighted by Gasteiger charge is 2.48. The van der Waals surface area contributed by atoms with Gasteiger partial charge in [0.25, 0.3) is 0 Å². The monoisotopic (exact) mass is 669 g/mol. The Morgan fingerprint density at radius 2 is 1.29 bits per heavy atom. The van der Waals surface area contributed by atoms with Crippen molar-refractivity contribution in [1.82, 2.24) is 9.80 Å². The van der Waals surface area contributed by atoms with Crippen LogP contribution in [-0.4, -0.2) is 69.8 Å². The van der Waals surface area contributed by atoms with Crippen LogP contribution in [0.2, 0.25) is 0 Å². The third-order valence-electron chi connectivity index (χ3n) is 11.4. The number of phenolic OH excluding ortho intramolecular Hbond substituents is 1. The highest BCUT2D eigenvalue weighted by Crippen LogP contribution is 2.45. The molecule has 2 aliphatic heterocycles. The number of ether oxygens (including phenoxy) is 2. The van der Waals surface area contributed by atoms with Gasteiger partial charge in [-0.15, -0.1) is 0 Å². The van der Waals surface area contributed by atoms with Crippen LogP contribution in [0, 0.1) is 5.92 Å². The van der Waals surface area contributed by atoms with Gasteiger partial charge < -0.3 is 19.5 Å². The number of carbonyl (C=O) groups excluding carboxylic acids is 2. The molecule has 7 nitrogen and oxygen atoms in total. The molecule has 2 fully saturated rings. The lowest BCUT2D eigenvalue weighted by Crippen LogP contribution is -2.60. The predicted octanol–water partition coefficient (Wildman–Crippen LogP) is 9.00. The molecular formula is C41H68N2O5. The van der Waals surface area contributed by atoms with E-state index >= 15 is 0 Å². The highest BCUT2D eigenvalue weighted by molar-refractivity contribution is 5.96. The second kappa shape index (κ2) is 14.0. The Morgan fingerprint density at radius 1 is 0.854 bits per heavy atom. The van der Waals surface area contributed by atoms with E-state index in [-0.39, 0.29) is 39.3 Å². The summed E-state index contributed by atoms with van der Waals surface area (Å²) in [6, 6.07) is 4.03. The minimum Gasteiger partial charge on any atom is -0.507 e. The summed E-state index contributed by atoms with van der Waals surface area (Å²) in [5.41, 5.74) is 2.03. The standard InChI is InChI=1S/C41H68N2O5/c1-17-18-19-30(27-21-31(37(3,4)5)34(44)32(22-27)38(6,7)8)33(35(45)47-28-20-26(2)42(15)39(9,10)23-28)36(46)48-29-24-40(11,12)43(16)41(13,14)25-29/h21-22,28-30,33,44H,2,17-20,23-25H2,1,3-16H3. The lowest BCUT2D eigenvalue weighted by molar-refractivity contribution is -0.176. The molecule has 0 saturated carbocycles. The number of hydrogen-bond donors (Lipinski definition) is 1. The van der Waals surface area contributed by atoms with Crippen LogP contribution in [0.4, 0.5) is 0 Å². The van der Waals surface area contributed by atoms with Crippen LogP contribution >= 0.6 is 0 Å². The van der Waals surface area contributed by atoms with Crippen molar-refractivity contribution >= 4 is 11.9 Å². The zero-order chi connectivity index (χ0) is 36.8. The normalized spacial score (nSPS) is 23.0. The third-order valence-corrected chi connectivity index (χ3v) is 11.4. The number of unbranched alkanes of at least 4 members (excludes halogenated alkanes) is 1. The van der Waals surface area contributed by atoms with Gasteiger partial charge in [-0.25, -0.2) is 0 Å². The topological polar surface area (TPSA) is 79.3 Å². The average Bonchev–Trinajstić information content (AvgIpc) is 2.90. The smallest absolute Gasteiger partial charge is 0.321 e. The summed E-state index contributed by atoms with van der Waals surface area (Å²) in [6.07, 6.45) is 4.11. The van der Waals surface area contributed by atoms with Crippen molar-refractivity contribution in [3.63, 3.8) is 0 Å². The zero-order valence-corrected chi connectivity index (χ0v) is 33.1. The van der Waals surface area contributed by atoms with Crippen LogP contribution in [-0.2, 0) is 29.9 Å². The number of hydrogen-bond acceptors (Lipinski definition) is 7. The van der Waals surface area contributed by atoms with E-state index in [2.05, 4.69) is 113 Å². The minimum atomic E-state index is -1.15. The summed E-state index contributed by atoms with van der Waals surface area (Å²) in [5.74, 6) is -2.41. The molecule has 0 aromatic heterocycles. The molecule has 2 aliphatic rings. The maximum absolute atomic E-state index is 14.6. The first-order valence-corrected chi connectivity index (χ1v) is 18.2. The Kier molecular flexibility index (Phi) is 11.6. The van der Waals surface area contributed by atoms with Crippen LogP contribution in [0.1, 0.15) is 158 Å². The molecule has 0 bridgehead atoms. The SMILES string of the molecule is C=C1CC(OC(=O)C(C(=O)OC2CC(C)(C)N(C)C(C)(C)C2)C(CCCC)c2cc(C(C)(C)C)c(O)c(C(C)(C)C)c2)CC(C)(C)N1C. The van der Waals surface area contributed by atoms with Crippen molar-refractivity contribution in [3.05, 3.63) is 41.1 Å². The summed E-state index contributed by atoms with van der Waals surface area (Å²) in [5, 5.41) is 11.5. The lowest BCUT2D eigenvalue weighted by atomic mass is 9.74. The summed E-state index contributed by atoms with van der Waals surface area (Å²) in [6.45, 7) is 31.8. The lowest BCUT2D eigenvalue weighted by Gasteiger charge is -2.53. The van der Waals surface area contributed by atoms with E-state index in [0.717, 1.165) is 35.2 Å². The number of nitrogens with zero attached hydrogens (tertiary/aromatic N) is 2. The van der Waals surface area contributed by atoms with Gasteiger partial charge in [0.15, 0.2) is 5.92 Å². The molecule has 1 aromatic rings. The van der Waals surface area contributed by atoms with Crippen LogP contribution in [0.15, 0.2) is 24.4 Å². The molecule has 0 amide bonds. The molecule has 3 atom stereocenters. The first-order valence-electron chi connectivity index (χ1n) is 18.2. The Bertz CT molecular complexity index is 1290. The van der Waals surface area contributed by atoms with E-state index in [1.807, 2.05) is 19.2 Å². The molecule has 0 aliphatic carbocycles. The average molecular weight is 669 g/mol. The molecule has 48 heavy (non-hydrogen) atoms. The maximum atomic E-state index is 14.6. The Morgan fingerprint density at radius 3 is 1.71 bits per heavy atom. The van der Waals surface area contributed by atoms with Crippen molar-refractivity contribution in [2.45, 2.75) is 181 Å². The number of likely N-dealkylation sites (tertiary alicyclic amines) is 2. The number of aromatic hydroxyl groups is 1. The summed E-state index contributed by atoms with van der Waals surface area (Å²) < 4.78 is 12.8. The second-order valence-corrected chi connectivity index (χ2v) is 18.7. The summed E-state index contributed by atoms with van der Waals surface area (Å²) in [7, 11) is 4.15. The van der Waals surface area contributed by atoms with Gasteiger partial charge in [-0.1, -0.05) is 80.0 Å². The fourth-order valence-electron chi connectivity index (χ4n) is 7.90. The first kappa shape index (κ1) is 39.9. The molecule has 0 spiro atoms. The van der Waals surface area contributed by atoms with Gasteiger partial charge in [-0.2, -0.15) is 0 Å². The van der Waals surface area contributed by atoms with Crippen LogP contribution in [0.3, 0.4) is 0 Å². The van der Waals surface area contributed by atoms with Gasteiger partial charge in [0.1, 0.15) is 18.0 Å². The second-order valence-electron chi connectivity index (χ2n) is 18.7. The number of carbonyl (C=O) groups is 2. The van der Waals surface area contributed by atoms with E-state index in [0.29, 0.717) is 32.1 Å². The van der Waals surface area contributed by atoms with Crippen molar-refractivity contribution < 1.29 is 24.2 Å². The minimum absolute atomic E-state index is 0.190. The summed E-state index contributed by atoms with van der Waals surface area (Å²) in [4.78, 5) is 33.7. The van der Waals surface area contributed by atoms with E-state index < -0.39 is 29.9 Å². The van der Waals surface area contributed by atoms with Gasteiger partial charge in [0.05, 0.1) is 0 Å². The largest absolute Gasteiger partial charge is 0.507 e. The predicted molar refractivity (Wildman–Crippen MR) is 196 cm³/mol. The summed E-state index contributed by atoms with van der Waals surface area (Å²) >= 11 is 0. The molecule has 0 radical (unpaired) electrons. The van der Waals surface area contributed by atoms with Crippen molar-refractivity contribution in [2.24, 2.45) is 5.92 Å². The number of piperidine rings is 2. The van der Waals surface area contributed by atoms with E-state index in [1.165, 1.54) is 0 Å². The Labute approximate surface area is 292 Å². The first-order chi connectivity index (χ1) is 21.7. The van der Waals surface area contributed by atoms with Gasteiger partial charge in [-0.3, -0.25) is 14.5 Å². The van der Waals surface area contributed by atoms with Crippen molar-refractivity contribution in [1.29, 1.82) is 0 Å². The molecular weight excluding hydrogens is 600 g/mol. The fourth-order valence-corrected chi connectivity index (χ4v) is 7.90. The molecule has 1 N–H and O–H groups in total. The quantitative estimate of drug-likeness (QED) is 0.208. The molecule has 2 saturated heterocycles. The van der Waals surface area contributed by atoms with E-state index in [1.54, 1.807) is 0 Å². The Hall–Kier alpha value is -2.54. The van der Waals surface area contributed by atoms with Gasteiger partial charge in [-0.05, 0) is 82.5 Å². The van der Waals surface area contributed by atoms with Crippen molar-refractivity contribution in [2.75, 3.05) is 14.1 Å². The molecule has 272 valence electrons. The molecule has 2 heterocycles. The number of benzene rings is 1. The van der Waals surface area contributed by atoms with Crippen LogP contribution in [0.5, 0.6) is 5.75 Å². The Balaban J connectivity index is 2.17. The fraction of sp³-hybridized carbons (Fsp3) is 0.756. The van der Waals surface area contributed by atoms with E-state index in [9.17, 15) is 14.7 Å². The number of rotatable bonds is 9. The number of phenols is 1. The van der Waals surface area contributed by atoms with Crippen LogP contribution in [0.25, 0.3) is 0 Å². The van der Waals surface area contributed by atoms with E-state index in [4.69, 9.17) is 9.47 Å². The van der Waals surface area contributed by atoms with Gasteiger partial charge in [0.2, 0.25) is 0 Å². The molecule has 3 rings (SSSR count). The third kappa shape index (κ3) is 8.78. The molecule has 3 unspecified atom stereocenters. The molecule has 7 heteroatoms. The van der Waals surface area contributed by atoms with Gasteiger partial charge in [0, 0.05) is 61.0 Å². The van der Waals surface area contributed by atoms with Crippen molar-refractivity contribution in [3.8, 4) is 5.75 Å². The van der Waals surface area contributed by atoms with Gasteiger partial charge >= 0.3 is 11.9 Å².